The molecule has 2 aromatic carbocycles. The molecule has 2 aliphatic rings. The van der Waals surface area contributed by atoms with Crippen molar-refractivity contribution < 1.29 is 17.9 Å². The van der Waals surface area contributed by atoms with Gasteiger partial charge < -0.3 is 4.74 Å². The molecule has 0 N–H and O–H groups in total. The van der Waals surface area contributed by atoms with Crippen molar-refractivity contribution in [1.82, 2.24) is 14.2 Å². The number of sulfonamides is 1. The molecular formula is C27H33ClN4O4S2. The Bertz CT molecular complexity index is 1400. The van der Waals surface area contributed by atoms with E-state index in [1.807, 2.05) is 26.0 Å². The summed E-state index contributed by atoms with van der Waals surface area (Å²) in [6.45, 7) is 8.57. The SMILES string of the molecule is Cc1cc(Cl)cc2sc(N(CCN3CCOCC3)C(=O)c3ccc(S(=O)(=O)N4CCCCC4C)cc3)nc12. The average Bonchev–Trinajstić information content (AvgIpc) is 3.33. The Morgan fingerprint density at radius 1 is 1.16 bits per heavy atom. The van der Waals surface area contributed by atoms with E-state index in [1.54, 1.807) is 33.5 Å². The monoisotopic (exact) mass is 576 g/mol. The third-order valence-corrected chi connectivity index (χ3v) is 10.6. The number of nitrogens with zero attached hydrogens (tertiary/aromatic N) is 4. The van der Waals surface area contributed by atoms with Crippen LogP contribution in [0.3, 0.4) is 0 Å². The number of halogens is 1. The van der Waals surface area contributed by atoms with Crippen molar-refractivity contribution >= 4 is 54.2 Å². The van der Waals surface area contributed by atoms with E-state index >= 15 is 0 Å². The molecule has 0 bridgehead atoms. The summed E-state index contributed by atoms with van der Waals surface area (Å²) >= 11 is 7.71. The van der Waals surface area contributed by atoms with Gasteiger partial charge in [-0.1, -0.05) is 29.4 Å². The molecule has 11 heteroatoms. The van der Waals surface area contributed by atoms with Gasteiger partial charge >= 0.3 is 0 Å². The largest absolute Gasteiger partial charge is 0.379 e. The van der Waals surface area contributed by atoms with Crippen molar-refractivity contribution in [2.24, 2.45) is 0 Å². The Balaban J connectivity index is 1.42. The molecule has 3 aromatic rings. The highest BCUT2D eigenvalue weighted by Crippen LogP contribution is 2.34. The van der Waals surface area contributed by atoms with Gasteiger partial charge in [-0.15, -0.1) is 0 Å². The highest BCUT2D eigenvalue weighted by Gasteiger charge is 2.31. The molecule has 1 unspecified atom stereocenters. The highest BCUT2D eigenvalue weighted by atomic mass is 35.5. The fraction of sp³-hybridized carbons (Fsp3) is 0.481. The second kappa shape index (κ2) is 11.6. The summed E-state index contributed by atoms with van der Waals surface area (Å²) in [5.41, 5.74) is 2.21. The number of carbonyl (C=O) groups excluding carboxylic acids is 1. The topological polar surface area (TPSA) is 83.0 Å². The van der Waals surface area contributed by atoms with Gasteiger partial charge in [-0.25, -0.2) is 13.4 Å². The van der Waals surface area contributed by atoms with E-state index in [9.17, 15) is 13.2 Å². The van der Waals surface area contributed by atoms with Crippen molar-refractivity contribution in [3.05, 3.63) is 52.5 Å². The van der Waals surface area contributed by atoms with Crippen LogP contribution in [0, 0.1) is 6.92 Å². The van der Waals surface area contributed by atoms with Crippen LogP contribution >= 0.6 is 22.9 Å². The molecule has 1 aromatic heterocycles. The van der Waals surface area contributed by atoms with E-state index in [1.165, 1.54) is 11.3 Å². The molecule has 1 amide bonds. The Morgan fingerprint density at radius 2 is 1.89 bits per heavy atom. The lowest BCUT2D eigenvalue weighted by Gasteiger charge is -2.32. The standard InChI is InChI=1S/C27H33ClN4O4S2/c1-19-17-22(28)18-24-25(19)29-27(37-24)31(12-11-30-13-15-36-16-14-30)26(33)21-6-8-23(9-7-21)38(34,35)32-10-4-3-5-20(32)2/h6-9,17-18,20H,3-5,10-16H2,1-2H3. The van der Waals surface area contributed by atoms with Gasteiger partial charge in [0, 0.05) is 49.4 Å². The second-order valence-corrected chi connectivity index (χ2v) is 13.3. The summed E-state index contributed by atoms with van der Waals surface area (Å²) in [6, 6.07) is 10.0. The van der Waals surface area contributed by atoms with Crippen molar-refractivity contribution in [2.75, 3.05) is 50.8 Å². The second-order valence-electron chi connectivity index (χ2n) is 9.96. The van der Waals surface area contributed by atoms with E-state index < -0.39 is 10.0 Å². The summed E-state index contributed by atoms with van der Waals surface area (Å²) in [7, 11) is -3.61. The maximum absolute atomic E-state index is 13.8. The Hall–Kier alpha value is -2.08. The molecule has 1 atom stereocenters. The minimum Gasteiger partial charge on any atom is -0.379 e. The van der Waals surface area contributed by atoms with Crippen molar-refractivity contribution in [2.45, 2.75) is 44.0 Å². The first-order valence-electron chi connectivity index (χ1n) is 13.0. The van der Waals surface area contributed by atoms with E-state index in [0.29, 0.717) is 48.6 Å². The molecule has 0 saturated carbocycles. The number of morpholine rings is 1. The zero-order valence-corrected chi connectivity index (χ0v) is 24.1. The third kappa shape index (κ3) is 5.76. The first-order chi connectivity index (χ1) is 18.2. The summed E-state index contributed by atoms with van der Waals surface area (Å²) in [5.74, 6) is -0.212. The van der Waals surface area contributed by atoms with Crippen molar-refractivity contribution in [3.63, 3.8) is 0 Å². The fourth-order valence-electron chi connectivity index (χ4n) is 5.10. The van der Waals surface area contributed by atoms with Gasteiger partial charge in [0.25, 0.3) is 5.91 Å². The molecule has 0 radical (unpaired) electrons. The maximum Gasteiger partial charge on any atom is 0.260 e. The van der Waals surface area contributed by atoms with Gasteiger partial charge in [-0.2, -0.15) is 4.31 Å². The Labute approximate surface area is 233 Å². The number of carbonyl (C=O) groups is 1. The van der Waals surface area contributed by atoms with Gasteiger partial charge in [-0.05, 0) is 68.7 Å². The number of aryl methyl sites for hydroxylation is 1. The highest BCUT2D eigenvalue weighted by molar-refractivity contribution is 7.89. The molecule has 2 aliphatic heterocycles. The predicted molar refractivity (Wildman–Crippen MR) is 152 cm³/mol. The summed E-state index contributed by atoms with van der Waals surface area (Å²) in [5, 5.41) is 1.23. The van der Waals surface area contributed by atoms with Gasteiger partial charge in [0.2, 0.25) is 10.0 Å². The van der Waals surface area contributed by atoms with Crippen LogP contribution in [0.25, 0.3) is 10.2 Å². The molecule has 204 valence electrons. The number of hydrogen-bond donors (Lipinski definition) is 0. The molecular weight excluding hydrogens is 544 g/mol. The maximum atomic E-state index is 13.8. The molecule has 5 rings (SSSR count). The third-order valence-electron chi connectivity index (χ3n) is 7.31. The lowest BCUT2D eigenvalue weighted by atomic mass is 10.1. The van der Waals surface area contributed by atoms with Crippen LogP contribution in [-0.4, -0.2) is 80.5 Å². The first-order valence-corrected chi connectivity index (χ1v) is 15.7. The van der Waals surface area contributed by atoms with E-state index in [2.05, 4.69) is 4.90 Å². The molecule has 3 heterocycles. The molecule has 0 aliphatic carbocycles. The minimum atomic E-state index is -3.61. The molecule has 38 heavy (non-hydrogen) atoms. The molecule has 2 saturated heterocycles. The number of amides is 1. The average molecular weight is 577 g/mol. The minimum absolute atomic E-state index is 0.0262. The Kier molecular flexibility index (Phi) is 8.37. The van der Waals surface area contributed by atoms with Crippen LogP contribution in [0.4, 0.5) is 5.13 Å². The van der Waals surface area contributed by atoms with Gasteiger partial charge in [0.1, 0.15) is 0 Å². The zero-order chi connectivity index (χ0) is 26.9. The number of thiazole rings is 1. The van der Waals surface area contributed by atoms with Gasteiger partial charge in [-0.3, -0.25) is 14.6 Å². The number of hydrogen-bond acceptors (Lipinski definition) is 7. The number of ether oxygens (including phenoxy) is 1. The van der Waals surface area contributed by atoms with E-state index in [4.69, 9.17) is 21.3 Å². The summed E-state index contributed by atoms with van der Waals surface area (Å²) in [6.07, 6.45) is 2.77. The summed E-state index contributed by atoms with van der Waals surface area (Å²) in [4.78, 5) is 22.8. The number of aromatic nitrogens is 1. The van der Waals surface area contributed by atoms with Crippen LogP contribution in [0.5, 0.6) is 0 Å². The van der Waals surface area contributed by atoms with Crippen LogP contribution < -0.4 is 4.90 Å². The Morgan fingerprint density at radius 3 is 2.61 bits per heavy atom. The summed E-state index contributed by atoms with van der Waals surface area (Å²) < 4.78 is 34.5. The van der Waals surface area contributed by atoms with E-state index in [-0.39, 0.29) is 16.8 Å². The number of fused-ring (bicyclic) bond motifs is 1. The number of rotatable bonds is 7. The molecule has 8 nitrogen and oxygen atoms in total. The van der Waals surface area contributed by atoms with Crippen LogP contribution in [0.15, 0.2) is 41.3 Å². The number of anilines is 1. The quantitative estimate of drug-likeness (QED) is 0.402. The van der Waals surface area contributed by atoms with Gasteiger partial charge in [0.05, 0.1) is 28.3 Å². The van der Waals surface area contributed by atoms with Crippen molar-refractivity contribution in [1.29, 1.82) is 0 Å². The van der Waals surface area contributed by atoms with Gasteiger partial charge in [0.15, 0.2) is 5.13 Å². The lowest BCUT2D eigenvalue weighted by Crippen LogP contribution is -2.43. The smallest absolute Gasteiger partial charge is 0.260 e. The molecule has 0 spiro atoms. The molecule has 2 fully saturated rings. The van der Waals surface area contributed by atoms with Crippen LogP contribution in [0.1, 0.15) is 42.1 Å². The predicted octanol–water partition coefficient (Wildman–Crippen LogP) is 4.80. The van der Waals surface area contributed by atoms with Crippen LogP contribution in [-0.2, 0) is 14.8 Å². The lowest BCUT2D eigenvalue weighted by molar-refractivity contribution is 0.0391. The normalized spacial score (nSPS) is 19.6. The number of piperidine rings is 1. The van der Waals surface area contributed by atoms with E-state index in [0.717, 1.165) is 48.1 Å². The first kappa shape index (κ1) is 27.5. The van der Waals surface area contributed by atoms with Crippen molar-refractivity contribution in [3.8, 4) is 0 Å². The van der Waals surface area contributed by atoms with Crippen LogP contribution in [0.2, 0.25) is 5.02 Å². The number of benzene rings is 2. The zero-order valence-electron chi connectivity index (χ0n) is 21.7. The fourth-order valence-corrected chi connectivity index (χ4v) is 8.24.